The first-order chi connectivity index (χ1) is 10.6. The van der Waals surface area contributed by atoms with E-state index in [0.717, 1.165) is 28.7 Å². The molecule has 3 aromatic rings. The molecule has 0 spiro atoms. The summed E-state index contributed by atoms with van der Waals surface area (Å²) in [7, 11) is 0. The number of anilines is 1. The van der Waals surface area contributed by atoms with E-state index in [-0.39, 0.29) is 0 Å². The molecule has 112 valence electrons. The number of aryl methyl sites for hydroxylation is 2. The maximum Gasteiger partial charge on any atom is 0.161 e. The van der Waals surface area contributed by atoms with Crippen molar-refractivity contribution in [2.45, 2.75) is 32.7 Å². The Hall–Kier alpha value is -1.81. The van der Waals surface area contributed by atoms with E-state index in [1.807, 2.05) is 0 Å². The summed E-state index contributed by atoms with van der Waals surface area (Å²) in [4.78, 5) is 4.77. The van der Waals surface area contributed by atoms with Crippen molar-refractivity contribution in [1.29, 1.82) is 0 Å². The fourth-order valence-corrected chi connectivity index (χ4v) is 3.87. The van der Waals surface area contributed by atoms with Crippen LogP contribution in [-0.4, -0.2) is 9.38 Å². The van der Waals surface area contributed by atoms with Crippen molar-refractivity contribution in [2.75, 3.05) is 5.32 Å². The highest BCUT2D eigenvalue weighted by atomic mass is 79.9. The van der Waals surface area contributed by atoms with Gasteiger partial charge in [0.05, 0.1) is 17.4 Å². The first-order valence-electron chi connectivity index (χ1n) is 7.63. The lowest BCUT2D eigenvalue weighted by Crippen LogP contribution is -2.19. The van der Waals surface area contributed by atoms with Crippen LogP contribution in [0, 0.1) is 13.8 Å². The summed E-state index contributed by atoms with van der Waals surface area (Å²) in [6, 6.07) is 11.0. The van der Waals surface area contributed by atoms with Gasteiger partial charge in [-0.2, -0.15) is 0 Å². The van der Waals surface area contributed by atoms with Gasteiger partial charge >= 0.3 is 0 Å². The minimum atomic E-state index is 0.351. The van der Waals surface area contributed by atoms with Gasteiger partial charge in [0.1, 0.15) is 0 Å². The first-order valence-corrected chi connectivity index (χ1v) is 8.42. The molecule has 0 saturated heterocycles. The number of aromatic nitrogens is 2. The Balaban J connectivity index is 1.86. The molecule has 3 nitrogen and oxygen atoms in total. The first kappa shape index (κ1) is 13.8. The lowest BCUT2D eigenvalue weighted by molar-refractivity contribution is 0.665. The molecule has 0 saturated carbocycles. The number of fused-ring (bicyclic) bond motifs is 3. The van der Waals surface area contributed by atoms with Gasteiger partial charge in [-0.25, -0.2) is 4.98 Å². The van der Waals surface area contributed by atoms with Crippen molar-refractivity contribution in [3.8, 4) is 0 Å². The summed E-state index contributed by atoms with van der Waals surface area (Å²) in [5, 5.41) is 3.72. The fourth-order valence-electron chi connectivity index (χ4n) is 3.27. The number of nitrogens with zero attached hydrogens (tertiary/aromatic N) is 2. The van der Waals surface area contributed by atoms with E-state index in [0.29, 0.717) is 6.04 Å². The van der Waals surface area contributed by atoms with Gasteiger partial charge in [-0.3, -0.25) is 0 Å². The largest absolute Gasteiger partial charge is 0.375 e. The summed E-state index contributed by atoms with van der Waals surface area (Å²) in [5.74, 6) is 0. The Morgan fingerprint density at radius 3 is 2.77 bits per heavy atom. The van der Waals surface area contributed by atoms with E-state index in [4.69, 9.17) is 4.98 Å². The maximum atomic E-state index is 4.77. The molecule has 4 heteroatoms. The second-order valence-electron chi connectivity index (χ2n) is 5.95. The van der Waals surface area contributed by atoms with Gasteiger partial charge in [0.15, 0.2) is 5.65 Å². The normalized spacial score (nSPS) is 17.3. The molecule has 22 heavy (non-hydrogen) atoms. The summed E-state index contributed by atoms with van der Waals surface area (Å²) in [5.41, 5.74) is 7.17. The van der Waals surface area contributed by atoms with Gasteiger partial charge in [0, 0.05) is 16.4 Å². The fraction of sp³-hybridized carbons (Fsp3) is 0.278. The SMILES string of the molecule is Cc1nc2c3c(c(Br)cn2c1C)CCC(c1ccccc1)N3. The Morgan fingerprint density at radius 2 is 2.00 bits per heavy atom. The minimum Gasteiger partial charge on any atom is -0.375 e. The molecule has 0 fully saturated rings. The zero-order chi connectivity index (χ0) is 15.3. The van der Waals surface area contributed by atoms with Crippen molar-refractivity contribution in [1.82, 2.24) is 9.38 Å². The van der Waals surface area contributed by atoms with E-state index in [9.17, 15) is 0 Å². The van der Waals surface area contributed by atoms with E-state index >= 15 is 0 Å². The van der Waals surface area contributed by atoms with Gasteiger partial charge in [-0.15, -0.1) is 0 Å². The Labute approximate surface area is 138 Å². The molecule has 1 aromatic carbocycles. The Kier molecular flexibility index (Phi) is 3.22. The Morgan fingerprint density at radius 1 is 1.23 bits per heavy atom. The molecule has 1 atom stereocenters. The average Bonchev–Trinajstić information content (AvgIpc) is 2.84. The third-order valence-corrected chi connectivity index (χ3v) is 5.33. The second kappa shape index (κ2) is 5.13. The molecule has 1 N–H and O–H groups in total. The number of hydrogen-bond donors (Lipinski definition) is 1. The molecule has 1 unspecified atom stereocenters. The van der Waals surface area contributed by atoms with E-state index in [1.54, 1.807) is 0 Å². The number of pyridine rings is 1. The van der Waals surface area contributed by atoms with Crippen LogP contribution in [-0.2, 0) is 6.42 Å². The van der Waals surface area contributed by atoms with Crippen molar-refractivity contribution in [3.05, 3.63) is 63.5 Å². The molecule has 0 radical (unpaired) electrons. The third kappa shape index (κ3) is 2.05. The monoisotopic (exact) mass is 355 g/mol. The van der Waals surface area contributed by atoms with Crippen LogP contribution >= 0.6 is 15.9 Å². The van der Waals surface area contributed by atoms with Gasteiger partial charge in [0.2, 0.25) is 0 Å². The zero-order valence-electron chi connectivity index (χ0n) is 12.7. The van der Waals surface area contributed by atoms with Crippen LogP contribution in [0.1, 0.15) is 35.0 Å². The van der Waals surface area contributed by atoms with Crippen LogP contribution in [0.4, 0.5) is 5.69 Å². The lowest BCUT2D eigenvalue weighted by Gasteiger charge is -2.28. The van der Waals surface area contributed by atoms with Crippen LogP contribution in [0.2, 0.25) is 0 Å². The molecule has 0 amide bonds. The van der Waals surface area contributed by atoms with Gasteiger partial charge < -0.3 is 9.72 Å². The van der Waals surface area contributed by atoms with Crippen LogP contribution < -0.4 is 5.32 Å². The standard InChI is InChI=1S/C18H18BrN3/c1-11-12(2)22-10-15(19)14-8-9-16(13-6-4-3-5-7-13)21-17(14)18(22)20-11/h3-7,10,16,21H,8-9H2,1-2H3. The third-order valence-electron chi connectivity index (χ3n) is 4.65. The molecule has 1 aliphatic rings. The Bertz CT molecular complexity index is 852. The number of hydrogen-bond acceptors (Lipinski definition) is 2. The van der Waals surface area contributed by atoms with Gasteiger partial charge in [-0.1, -0.05) is 30.3 Å². The van der Waals surface area contributed by atoms with E-state index in [2.05, 4.69) is 76.0 Å². The van der Waals surface area contributed by atoms with Crippen LogP contribution in [0.3, 0.4) is 0 Å². The lowest BCUT2D eigenvalue weighted by atomic mass is 9.94. The van der Waals surface area contributed by atoms with Crippen LogP contribution in [0.15, 0.2) is 41.0 Å². The molecular formula is C18H18BrN3. The highest BCUT2D eigenvalue weighted by Crippen LogP contribution is 2.39. The molecule has 0 bridgehead atoms. The van der Waals surface area contributed by atoms with E-state index < -0.39 is 0 Å². The summed E-state index contributed by atoms with van der Waals surface area (Å²) in [6.45, 7) is 4.19. The molecule has 1 aliphatic heterocycles. The number of imidazole rings is 1. The van der Waals surface area contributed by atoms with Crippen molar-refractivity contribution >= 4 is 27.3 Å². The summed E-state index contributed by atoms with van der Waals surface area (Å²) in [6.07, 6.45) is 4.31. The van der Waals surface area contributed by atoms with Crippen molar-refractivity contribution < 1.29 is 0 Å². The van der Waals surface area contributed by atoms with Gasteiger partial charge in [-0.05, 0) is 53.7 Å². The van der Waals surface area contributed by atoms with Crippen LogP contribution in [0.5, 0.6) is 0 Å². The molecule has 3 heterocycles. The average molecular weight is 356 g/mol. The highest BCUT2D eigenvalue weighted by molar-refractivity contribution is 9.10. The van der Waals surface area contributed by atoms with Crippen molar-refractivity contribution in [2.24, 2.45) is 0 Å². The highest BCUT2D eigenvalue weighted by Gasteiger charge is 2.24. The number of halogens is 1. The molecule has 4 rings (SSSR count). The number of rotatable bonds is 1. The molecular weight excluding hydrogens is 338 g/mol. The quantitative estimate of drug-likeness (QED) is 0.678. The van der Waals surface area contributed by atoms with Crippen LogP contribution in [0.25, 0.3) is 5.65 Å². The smallest absolute Gasteiger partial charge is 0.161 e. The minimum absolute atomic E-state index is 0.351. The van der Waals surface area contributed by atoms with Crippen molar-refractivity contribution in [3.63, 3.8) is 0 Å². The summed E-state index contributed by atoms with van der Waals surface area (Å²) < 4.78 is 3.34. The number of nitrogens with one attached hydrogen (secondary N) is 1. The van der Waals surface area contributed by atoms with Gasteiger partial charge in [0.25, 0.3) is 0 Å². The summed E-state index contributed by atoms with van der Waals surface area (Å²) >= 11 is 3.73. The topological polar surface area (TPSA) is 29.3 Å². The predicted molar refractivity (Wildman–Crippen MR) is 93.5 cm³/mol. The second-order valence-corrected chi connectivity index (χ2v) is 6.81. The molecule has 0 aliphatic carbocycles. The predicted octanol–water partition coefficient (Wildman–Crippen LogP) is 4.81. The zero-order valence-corrected chi connectivity index (χ0v) is 14.3. The van der Waals surface area contributed by atoms with E-state index in [1.165, 1.54) is 22.5 Å². The molecule has 2 aromatic heterocycles. The maximum absolute atomic E-state index is 4.77. The number of benzene rings is 1.